The number of carboxylic acids is 2. The van der Waals surface area contributed by atoms with Crippen molar-refractivity contribution in [1.29, 1.82) is 0 Å². The topological polar surface area (TPSA) is 126 Å². The molecule has 0 aliphatic heterocycles. The highest BCUT2D eigenvalue weighted by atomic mass is 16.4. The molecule has 8 nitrogen and oxygen atoms in total. The molecule has 0 radical (unpaired) electrons. The molecule has 0 aliphatic rings. The molecule has 0 saturated carbocycles. The van der Waals surface area contributed by atoms with Crippen molar-refractivity contribution in [2.24, 2.45) is 7.05 Å². The average Bonchev–Trinajstić information content (AvgIpc) is 3.56. The molecule has 208 valence electrons. The van der Waals surface area contributed by atoms with Gasteiger partial charge in [-0.1, -0.05) is 91.4 Å². The highest BCUT2D eigenvalue weighted by Crippen LogP contribution is 2.08. The molecule has 3 N–H and O–H groups in total. The second kappa shape index (κ2) is 28.6. The number of hydrogen-bond donors (Lipinski definition) is 3. The molecule has 36 heavy (non-hydrogen) atoms. The molecular weight excluding hydrogens is 456 g/mol. The number of nitrogens with one attached hydrogen (secondary N) is 2. The molecule has 2 rings (SSSR count). The molecule has 0 aromatic carbocycles. The molecule has 2 aromatic rings. The van der Waals surface area contributed by atoms with Crippen molar-refractivity contribution in [1.82, 2.24) is 15.0 Å². The van der Waals surface area contributed by atoms with Gasteiger partial charge in [-0.3, -0.25) is 4.79 Å². The van der Waals surface area contributed by atoms with Gasteiger partial charge >= 0.3 is 5.97 Å². The molecule has 0 bridgehead atoms. The lowest BCUT2D eigenvalue weighted by Gasteiger charge is -2.01. The van der Waals surface area contributed by atoms with Gasteiger partial charge in [0.05, 0.1) is 13.4 Å². The summed E-state index contributed by atoms with van der Waals surface area (Å²) >= 11 is 0. The van der Waals surface area contributed by atoms with Crippen LogP contribution in [-0.4, -0.2) is 32.0 Å². The van der Waals surface area contributed by atoms with Crippen molar-refractivity contribution >= 4 is 11.9 Å². The van der Waals surface area contributed by atoms with E-state index in [9.17, 15) is 14.7 Å². The van der Waals surface area contributed by atoms with Crippen molar-refractivity contribution in [3.63, 3.8) is 0 Å². The van der Waals surface area contributed by atoms with Crippen molar-refractivity contribution in [3.8, 4) is 0 Å². The highest BCUT2D eigenvalue weighted by Gasteiger charge is 1.99. The van der Waals surface area contributed by atoms with E-state index >= 15 is 0 Å². The van der Waals surface area contributed by atoms with Gasteiger partial charge in [0.1, 0.15) is 12.4 Å². The smallest absolute Gasteiger partial charge is 0.303 e. The van der Waals surface area contributed by atoms with Gasteiger partial charge in [-0.25, -0.2) is 14.5 Å². The molecule has 0 unspecified atom stereocenters. The zero-order valence-corrected chi connectivity index (χ0v) is 23.3. The Balaban J connectivity index is 0. The molecule has 0 saturated heterocycles. The van der Waals surface area contributed by atoms with Crippen LogP contribution in [0.5, 0.6) is 0 Å². The van der Waals surface area contributed by atoms with Gasteiger partial charge in [0.25, 0.3) is 5.82 Å². The van der Waals surface area contributed by atoms with Gasteiger partial charge in [-0.05, 0) is 19.3 Å². The van der Waals surface area contributed by atoms with E-state index < -0.39 is 11.9 Å². The Bertz CT molecular complexity index is 685. The Morgan fingerprint density at radius 3 is 1.69 bits per heavy atom. The number of aryl methyl sites for hydroxylation is 2. The van der Waals surface area contributed by atoms with Gasteiger partial charge in [-0.15, -0.1) is 0 Å². The van der Waals surface area contributed by atoms with Crippen molar-refractivity contribution in [2.75, 3.05) is 0 Å². The zero-order valence-electron chi connectivity index (χ0n) is 23.3. The first-order valence-corrected chi connectivity index (χ1v) is 13.7. The quantitative estimate of drug-likeness (QED) is 0.204. The number of carbonyl (C=O) groups excluding carboxylic acids is 1. The molecule has 2 aromatic heterocycles. The van der Waals surface area contributed by atoms with E-state index in [-0.39, 0.29) is 6.42 Å². The summed E-state index contributed by atoms with van der Waals surface area (Å²) in [5.74, 6) is -0.311. The zero-order chi connectivity index (χ0) is 27.3. The van der Waals surface area contributed by atoms with Crippen molar-refractivity contribution in [3.05, 3.63) is 36.9 Å². The Kier molecular flexibility index (Phi) is 28.2. The third-order valence-electron chi connectivity index (χ3n) is 5.44. The van der Waals surface area contributed by atoms with Crippen LogP contribution in [0, 0.1) is 0 Å². The average molecular weight is 509 g/mol. The van der Waals surface area contributed by atoms with Gasteiger partial charge in [0.2, 0.25) is 0 Å². The van der Waals surface area contributed by atoms with Crippen LogP contribution in [0.4, 0.5) is 0 Å². The van der Waals surface area contributed by atoms with Crippen LogP contribution in [0.2, 0.25) is 0 Å². The minimum atomic E-state index is -0.913. The molecule has 0 amide bonds. The molecule has 0 atom stereocenters. The largest absolute Gasteiger partial charge is 0.550 e. The van der Waals surface area contributed by atoms with Crippen LogP contribution in [0.15, 0.2) is 31.1 Å². The second-order valence-electron chi connectivity index (χ2n) is 8.79. The van der Waals surface area contributed by atoms with Gasteiger partial charge in [-0.2, -0.15) is 0 Å². The minimum absolute atomic E-state index is 0.230. The van der Waals surface area contributed by atoms with Crippen molar-refractivity contribution < 1.29 is 24.4 Å². The molecule has 8 heteroatoms. The Morgan fingerprint density at radius 2 is 1.39 bits per heavy atom. The number of carboxylic acid groups (broad SMARTS) is 2. The highest BCUT2D eigenvalue weighted by molar-refractivity contribution is 5.66. The van der Waals surface area contributed by atoms with E-state index in [2.05, 4.69) is 40.3 Å². The van der Waals surface area contributed by atoms with E-state index in [0.29, 0.717) is 6.42 Å². The first-order chi connectivity index (χ1) is 17.4. The fourth-order valence-corrected chi connectivity index (χ4v) is 3.29. The number of aromatic amines is 2. The summed E-state index contributed by atoms with van der Waals surface area (Å²) in [4.78, 5) is 29.6. The third kappa shape index (κ3) is 29.4. The summed E-state index contributed by atoms with van der Waals surface area (Å²) in [5.41, 5.74) is 0. The first kappa shape index (κ1) is 35.5. The number of nitrogens with zero attached hydrogens (tertiary/aromatic N) is 2. The summed E-state index contributed by atoms with van der Waals surface area (Å²) in [5, 5.41) is 18.3. The van der Waals surface area contributed by atoms with Crippen LogP contribution in [0.1, 0.15) is 123 Å². The number of imidazole rings is 2. The summed E-state index contributed by atoms with van der Waals surface area (Å²) in [6.45, 7) is 6.50. The Morgan fingerprint density at radius 1 is 0.861 bits per heavy atom. The van der Waals surface area contributed by atoms with E-state index in [1.165, 1.54) is 63.6 Å². The summed E-state index contributed by atoms with van der Waals surface area (Å²) in [7, 11) is 2.04. The number of H-pyrrole nitrogens is 2. The summed E-state index contributed by atoms with van der Waals surface area (Å²) in [6.07, 6.45) is 25.7. The predicted molar refractivity (Wildman–Crippen MR) is 143 cm³/mol. The van der Waals surface area contributed by atoms with Crippen LogP contribution >= 0.6 is 0 Å². The van der Waals surface area contributed by atoms with Crippen molar-refractivity contribution in [2.45, 2.75) is 124 Å². The fourth-order valence-electron chi connectivity index (χ4n) is 3.29. The Labute approximate surface area is 219 Å². The van der Waals surface area contributed by atoms with Crippen LogP contribution < -0.4 is 9.67 Å². The number of hydrogen-bond acceptors (Lipinski definition) is 4. The van der Waals surface area contributed by atoms with Gasteiger partial charge in [0.15, 0.2) is 0 Å². The number of aromatic nitrogens is 4. The van der Waals surface area contributed by atoms with E-state index in [4.69, 9.17) is 5.11 Å². The third-order valence-corrected chi connectivity index (χ3v) is 5.44. The lowest BCUT2D eigenvalue weighted by Crippen LogP contribution is -2.29. The second-order valence-corrected chi connectivity index (χ2v) is 8.79. The fraction of sp³-hybridized carbons (Fsp3) is 0.714. The maximum Gasteiger partial charge on any atom is 0.303 e. The number of carbonyl (C=O) groups is 2. The minimum Gasteiger partial charge on any atom is -0.550 e. The summed E-state index contributed by atoms with van der Waals surface area (Å²) < 4.78 is 2.08. The molecule has 0 spiro atoms. The van der Waals surface area contributed by atoms with Gasteiger partial charge in [0, 0.05) is 31.2 Å². The van der Waals surface area contributed by atoms with Gasteiger partial charge < -0.3 is 20.0 Å². The lowest BCUT2D eigenvalue weighted by atomic mass is 10.1. The van der Waals surface area contributed by atoms with E-state index in [1.54, 1.807) is 18.7 Å². The first-order valence-electron chi connectivity index (χ1n) is 13.7. The number of rotatable bonds is 16. The Hall–Kier alpha value is -2.64. The maximum absolute atomic E-state index is 10.1. The monoisotopic (exact) mass is 508 g/mol. The maximum atomic E-state index is 10.1. The lowest BCUT2D eigenvalue weighted by molar-refractivity contribution is -0.677. The van der Waals surface area contributed by atoms with Crippen LogP contribution in [0.3, 0.4) is 0 Å². The van der Waals surface area contributed by atoms with Crippen LogP contribution in [0.25, 0.3) is 0 Å². The SMILES string of the molecule is CCCCCCCCC(=O)O.CCCCCCCCCC(=O)[O-].CCc1[nH]cc[n+]1C.c1c[nH]cn1. The molecular formula is C28H52N4O4. The molecule has 0 fully saturated rings. The molecule has 2 heterocycles. The number of unbranched alkanes of at least 4 members (excludes halogenated alkanes) is 11. The van der Waals surface area contributed by atoms with E-state index in [1.807, 2.05) is 19.4 Å². The van der Waals surface area contributed by atoms with E-state index in [0.717, 1.165) is 32.1 Å². The normalized spacial score (nSPS) is 9.67. The molecule has 0 aliphatic carbocycles. The predicted octanol–water partition coefficient (Wildman–Crippen LogP) is 5.51. The van der Waals surface area contributed by atoms with Crippen LogP contribution in [-0.2, 0) is 23.1 Å². The summed E-state index contributed by atoms with van der Waals surface area (Å²) in [6, 6.07) is 0. The standard InChI is InChI=1S/C10H20O2.C9H18O2.C6H10N2.C3H4N2/c1-2-3-4-5-6-7-8-9-10(11)12;1-2-3-4-5-6-7-8-9(10)11;1-3-6-7-4-5-8(6)2;1-2-5-3-4-1/h2-9H2,1H3,(H,11,12);2-8H2,1H3,(H,10,11);4-5H,3H2,1-2H3;1-3H,(H,4,5). The number of aliphatic carboxylic acids is 2.